The Kier molecular flexibility index (Phi) is 2.89. The van der Waals surface area contributed by atoms with E-state index in [9.17, 15) is 0 Å². The van der Waals surface area contributed by atoms with Crippen molar-refractivity contribution in [3.63, 3.8) is 0 Å². The lowest BCUT2D eigenvalue weighted by Gasteiger charge is -2.16. The van der Waals surface area contributed by atoms with Crippen molar-refractivity contribution in [2.24, 2.45) is 0 Å². The summed E-state index contributed by atoms with van der Waals surface area (Å²) in [7, 11) is 0. The lowest BCUT2D eigenvalue weighted by Crippen LogP contribution is -2.19. The van der Waals surface area contributed by atoms with E-state index >= 15 is 0 Å². The minimum Gasteiger partial charge on any atom is -0.392 e. The summed E-state index contributed by atoms with van der Waals surface area (Å²) in [5.74, 6) is 0.927. The van der Waals surface area contributed by atoms with Gasteiger partial charge in [-0.05, 0) is 18.9 Å². The number of hydrogen-bond acceptors (Lipinski definition) is 3. The highest BCUT2D eigenvalue weighted by Gasteiger charge is 2.14. The summed E-state index contributed by atoms with van der Waals surface area (Å²) in [6, 6.07) is 1.87. The molecule has 1 N–H and O–H groups in total. The Labute approximate surface area is 88.3 Å². The van der Waals surface area contributed by atoms with Crippen LogP contribution in [0.25, 0.3) is 0 Å². The molecule has 0 unspecified atom stereocenters. The summed E-state index contributed by atoms with van der Waals surface area (Å²) in [5, 5.41) is 9.59. The molecule has 1 aromatic rings. The minimum absolute atomic E-state index is 0.0256. The van der Waals surface area contributed by atoms with Gasteiger partial charge < -0.3 is 10.0 Å². The average Bonchev–Trinajstić information content (AvgIpc) is 2.71. The van der Waals surface area contributed by atoms with Gasteiger partial charge in [-0.25, -0.2) is 4.98 Å². The Hall–Kier alpha value is -0.800. The molecule has 1 fully saturated rings. The fourth-order valence-electron chi connectivity index (χ4n) is 1.71. The van der Waals surface area contributed by atoms with Gasteiger partial charge in [-0.1, -0.05) is 11.6 Å². The van der Waals surface area contributed by atoms with Crippen LogP contribution in [0.5, 0.6) is 0 Å². The first-order valence-corrected chi connectivity index (χ1v) is 5.19. The van der Waals surface area contributed by atoms with E-state index in [2.05, 4.69) is 9.88 Å². The highest BCUT2D eigenvalue weighted by Crippen LogP contribution is 2.23. The summed E-state index contributed by atoms with van der Waals surface area (Å²) < 4.78 is 0. The van der Waals surface area contributed by atoms with Crippen molar-refractivity contribution in [3.05, 3.63) is 22.8 Å². The molecule has 1 aromatic heterocycles. The summed E-state index contributed by atoms with van der Waals surface area (Å²) in [4.78, 5) is 6.47. The maximum atomic E-state index is 9.05. The number of halogens is 1. The number of pyridine rings is 1. The number of aliphatic hydroxyl groups is 1. The minimum atomic E-state index is -0.0256. The van der Waals surface area contributed by atoms with Crippen molar-refractivity contribution in [3.8, 4) is 0 Å². The molecule has 0 saturated carbocycles. The van der Waals surface area contributed by atoms with Crippen LogP contribution in [-0.4, -0.2) is 23.2 Å². The van der Waals surface area contributed by atoms with Gasteiger partial charge in [-0.2, -0.15) is 0 Å². The Morgan fingerprint density at radius 1 is 1.43 bits per heavy atom. The van der Waals surface area contributed by atoms with Crippen LogP contribution in [0.4, 0.5) is 5.82 Å². The summed E-state index contributed by atoms with van der Waals surface area (Å²) in [6.45, 7) is 2.08. The number of hydrogen-bond donors (Lipinski definition) is 1. The van der Waals surface area contributed by atoms with E-state index < -0.39 is 0 Å². The van der Waals surface area contributed by atoms with Gasteiger partial charge in [-0.3, -0.25) is 0 Å². The standard InChI is InChI=1S/C10H13ClN2O/c11-9-6-12-10(5-8(9)7-14)13-3-1-2-4-13/h5-6,14H,1-4,7H2. The van der Waals surface area contributed by atoms with Crippen LogP contribution in [0.3, 0.4) is 0 Å². The largest absolute Gasteiger partial charge is 0.392 e. The molecule has 1 aliphatic heterocycles. The van der Waals surface area contributed by atoms with Crippen LogP contribution in [0.15, 0.2) is 12.3 Å². The molecule has 0 atom stereocenters. The SMILES string of the molecule is OCc1cc(N2CCCC2)ncc1Cl. The van der Waals surface area contributed by atoms with E-state index in [1.165, 1.54) is 12.8 Å². The quantitative estimate of drug-likeness (QED) is 0.813. The smallest absolute Gasteiger partial charge is 0.128 e. The lowest BCUT2D eigenvalue weighted by molar-refractivity contribution is 0.282. The molecule has 0 radical (unpaired) electrons. The van der Waals surface area contributed by atoms with Gasteiger partial charge in [-0.15, -0.1) is 0 Å². The van der Waals surface area contributed by atoms with Crippen molar-refractivity contribution in [2.45, 2.75) is 19.4 Å². The lowest BCUT2D eigenvalue weighted by atomic mass is 10.2. The Bertz CT molecular complexity index is 324. The number of aliphatic hydroxyl groups excluding tert-OH is 1. The van der Waals surface area contributed by atoms with E-state index in [1.54, 1.807) is 6.20 Å². The first-order valence-electron chi connectivity index (χ1n) is 4.81. The Balaban J connectivity index is 2.25. The van der Waals surface area contributed by atoms with E-state index in [0.717, 1.165) is 24.5 Å². The van der Waals surface area contributed by atoms with Crippen LogP contribution in [0.2, 0.25) is 5.02 Å². The first-order chi connectivity index (χ1) is 6.81. The van der Waals surface area contributed by atoms with Crippen molar-refractivity contribution < 1.29 is 5.11 Å². The highest BCUT2D eigenvalue weighted by atomic mass is 35.5. The third kappa shape index (κ3) is 1.83. The zero-order valence-electron chi connectivity index (χ0n) is 7.91. The number of rotatable bonds is 2. The van der Waals surface area contributed by atoms with E-state index in [-0.39, 0.29) is 6.61 Å². The molecule has 2 rings (SSSR count). The van der Waals surface area contributed by atoms with E-state index in [4.69, 9.17) is 16.7 Å². The second-order valence-corrected chi connectivity index (χ2v) is 3.89. The number of anilines is 1. The molecular weight excluding hydrogens is 200 g/mol. The molecule has 76 valence electrons. The Morgan fingerprint density at radius 2 is 2.14 bits per heavy atom. The van der Waals surface area contributed by atoms with Gasteiger partial charge in [0.25, 0.3) is 0 Å². The van der Waals surface area contributed by atoms with Crippen molar-refractivity contribution in [2.75, 3.05) is 18.0 Å². The molecule has 2 heterocycles. The van der Waals surface area contributed by atoms with Crippen LogP contribution in [0.1, 0.15) is 18.4 Å². The maximum Gasteiger partial charge on any atom is 0.128 e. The van der Waals surface area contributed by atoms with Crippen molar-refractivity contribution in [1.29, 1.82) is 0 Å². The third-order valence-corrected chi connectivity index (χ3v) is 2.86. The fourth-order valence-corrected chi connectivity index (χ4v) is 1.87. The zero-order chi connectivity index (χ0) is 9.97. The normalized spacial score (nSPS) is 16.3. The summed E-state index contributed by atoms with van der Waals surface area (Å²) >= 11 is 5.86. The molecule has 0 spiro atoms. The third-order valence-electron chi connectivity index (χ3n) is 2.52. The van der Waals surface area contributed by atoms with E-state index in [1.807, 2.05) is 6.07 Å². The van der Waals surface area contributed by atoms with Gasteiger partial charge in [0.1, 0.15) is 5.82 Å². The van der Waals surface area contributed by atoms with Crippen LogP contribution in [0, 0.1) is 0 Å². The summed E-state index contributed by atoms with van der Waals surface area (Å²) in [6.07, 6.45) is 4.05. The van der Waals surface area contributed by atoms with Crippen LogP contribution >= 0.6 is 11.6 Å². The molecule has 0 amide bonds. The second kappa shape index (κ2) is 4.15. The van der Waals surface area contributed by atoms with Gasteiger partial charge in [0, 0.05) is 24.8 Å². The van der Waals surface area contributed by atoms with E-state index in [0.29, 0.717) is 5.02 Å². The average molecular weight is 213 g/mol. The molecule has 1 saturated heterocycles. The topological polar surface area (TPSA) is 36.4 Å². The molecule has 14 heavy (non-hydrogen) atoms. The van der Waals surface area contributed by atoms with Crippen molar-refractivity contribution in [1.82, 2.24) is 4.98 Å². The second-order valence-electron chi connectivity index (χ2n) is 3.49. The predicted octanol–water partition coefficient (Wildman–Crippen LogP) is 1.83. The van der Waals surface area contributed by atoms with Gasteiger partial charge >= 0.3 is 0 Å². The first kappa shape index (κ1) is 9.74. The molecule has 3 nitrogen and oxygen atoms in total. The maximum absolute atomic E-state index is 9.05. The summed E-state index contributed by atoms with van der Waals surface area (Å²) in [5.41, 5.74) is 0.753. The molecule has 0 aromatic carbocycles. The molecular formula is C10H13ClN2O. The molecule has 1 aliphatic rings. The van der Waals surface area contributed by atoms with Gasteiger partial charge in [0.05, 0.1) is 11.6 Å². The predicted molar refractivity (Wildman–Crippen MR) is 56.6 cm³/mol. The van der Waals surface area contributed by atoms with Crippen LogP contribution < -0.4 is 4.90 Å². The monoisotopic (exact) mass is 212 g/mol. The van der Waals surface area contributed by atoms with Gasteiger partial charge in [0.15, 0.2) is 0 Å². The molecule has 4 heteroatoms. The zero-order valence-corrected chi connectivity index (χ0v) is 8.67. The van der Waals surface area contributed by atoms with Crippen molar-refractivity contribution >= 4 is 17.4 Å². The molecule has 0 aliphatic carbocycles. The van der Waals surface area contributed by atoms with Gasteiger partial charge in [0.2, 0.25) is 0 Å². The van der Waals surface area contributed by atoms with Crippen LogP contribution in [-0.2, 0) is 6.61 Å². The molecule has 0 bridgehead atoms. The number of nitrogens with zero attached hydrogens (tertiary/aromatic N) is 2. The Morgan fingerprint density at radius 3 is 2.79 bits per heavy atom. The highest BCUT2D eigenvalue weighted by molar-refractivity contribution is 6.31. The number of aromatic nitrogens is 1. The fraction of sp³-hybridized carbons (Fsp3) is 0.500.